The summed E-state index contributed by atoms with van der Waals surface area (Å²) in [7, 11) is 0. The fourth-order valence-electron chi connectivity index (χ4n) is 8.55. The van der Waals surface area contributed by atoms with Gasteiger partial charge in [0.05, 0.1) is 16.6 Å². The topological polar surface area (TPSA) is 50.9 Å². The number of nitrogens with zero attached hydrogens (tertiary/aromatic N) is 3. The second-order valence-electron chi connectivity index (χ2n) is 18.3. The molecule has 4 nitrogen and oxygen atoms in total. The van der Waals surface area contributed by atoms with E-state index in [9.17, 15) is 6.48 Å². The van der Waals surface area contributed by atoms with Crippen molar-refractivity contribution < 1.29 is 52.2 Å². The Bertz CT molecular complexity index is 3930. The van der Waals surface area contributed by atoms with Crippen molar-refractivity contribution in [3.8, 4) is 78.6 Å². The Morgan fingerprint density at radius 1 is 0.574 bits per heavy atom. The first-order valence-corrected chi connectivity index (χ1v) is 22.0. The number of phenols is 1. The molecule has 0 bridgehead atoms. The van der Waals surface area contributed by atoms with Gasteiger partial charge in [-0.15, -0.1) is 29.3 Å². The van der Waals surface area contributed by atoms with Crippen molar-refractivity contribution in [2.24, 2.45) is 0 Å². The number of benzene rings is 7. The van der Waals surface area contributed by atoms with Crippen LogP contribution in [0.25, 0.3) is 83.9 Å². The molecule has 7 aromatic carbocycles. The SMILES string of the molecule is [2H]C(C)(C)c1cc(-n2c(-c3cc(C(C([2H])([2H])[2H])(C([2H])([2H])[2H])C([2H])([2H])[2H])cc(C(C([2H])([2H])[2H])(C([2H])([2H])[2H])C([2H])([2H])[2H])c3O)nc3c(-c4[c-]c(-c5cc(-c6ccc(-c7ccccc7)cc6)ccn5)cc(C(C)(C)C)c4)cccc32)ccc1-c1ccccc1.[Pt]. The quantitative estimate of drug-likeness (QED) is 0.154. The average molecular weight is 1090 g/mol. The van der Waals surface area contributed by atoms with E-state index in [4.69, 9.17) is 34.6 Å². The zero-order valence-corrected chi connectivity index (χ0v) is 40.5. The number of hydrogen-bond acceptors (Lipinski definition) is 3. The zero-order valence-electron chi connectivity index (χ0n) is 57.2. The van der Waals surface area contributed by atoms with Gasteiger partial charge in [0, 0.05) is 70.3 Å². The first kappa shape index (κ1) is 29.5. The Balaban J connectivity index is 0.00000982. The van der Waals surface area contributed by atoms with E-state index < -0.39 is 91.5 Å². The zero-order chi connectivity index (χ0) is 63.3. The molecule has 0 radical (unpaired) electrons. The molecular formula is C63H62N3OPt-. The molecule has 0 atom stereocenters. The number of aromatic nitrogens is 3. The number of rotatable bonds is 8. The summed E-state index contributed by atoms with van der Waals surface area (Å²) in [6.07, 6.45) is 1.70. The third-order valence-electron chi connectivity index (χ3n) is 12.1. The van der Waals surface area contributed by atoms with Crippen molar-refractivity contribution in [2.45, 2.75) is 97.9 Å². The van der Waals surface area contributed by atoms with E-state index in [1.54, 1.807) is 56.4 Å². The van der Waals surface area contributed by atoms with E-state index in [0.29, 0.717) is 39.6 Å². The second kappa shape index (κ2) is 18.6. The molecule has 5 heteroatoms. The second-order valence-corrected chi connectivity index (χ2v) is 18.3. The van der Waals surface area contributed by atoms with E-state index in [-0.39, 0.29) is 43.9 Å². The van der Waals surface area contributed by atoms with Crippen molar-refractivity contribution in [3.63, 3.8) is 0 Å². The number of aromatic hydroxyl groups is 1. The van der Waals surface area contributed by atoms with Gasteiger partial charge in [-0.25, -0.2) is 4.98 Å². The predicted molar refractivity (Wildman–Crippen MR) is 282 cm³/mol. The van der Waals surface area contributed by atoms with Crippen molar-refractivity contribution in [3.05, 3.63) is 192 Å². The fourth-order valence-corrected chi connectivity index (χ4v) is 8.55. The van der Waals surface area contributed by atoms with Gasteiger partial charge in [-0.3, -0.25) is 9.55 Å². The number of para-hydroxylation sites is 1. The average Bonchev–Trinajstić information content (AvgIpc) is 1.07. The molecule has 0 saturated carbocycles. The van der Waals surface area contributed by atoms with Crippen LogP contribution in [0.3, 0.4) is 0 Å². The van der Waals surface area contributed by atoms with Crippen LogP contribution in [0.5, 0.6) is 5.75 Å². The van der Waals surface area contributed by atoms with Crippen molar-refractivity contribution in [1.29, 1.82) is 0 Å². The van der Waals surface area contributed by atoms with Gasteiger partial charge in [0.2, 0.25) is 0 Å². The normalized spacial score (nSPS) is 17.5. The summed E-state index contributed by atoms with van der Waals surface area (Å²) in [5.41, 5.74) is -3.26. The molecule has 68 heavy (non-hydrogen) atoms. The fraction of sp³-hybridized carbons (Fsp3) is 0.238. The van der Waals surface area contributed by atoms with Gasteiger partial charge in [0.25, 0.3) is 0 Å². The molecule has 0 fully saturated rings. The Hall–Kier alpha value is -6.35. The molecule has 0 unspecified atom stereocenters. The summed E-state index contributed by atoms with van der Waals surface area (Å²) < 4.78 is 169. The van der Waals surface area contributed by atoms with E-state index in [2.05, 4.69) is 6.07 Å². The minimum Gasteiger partial charge on any atom is -0.507 e. The maximum atomic E-state index is 13.0. The third-order valence-corrected chi connectivity index (χ3v) is 12.1. The third kappa shape index (κ3) is 9.54. The Morgan fingerprint density at radius 3 is 1.84 bits per heavy atom. The Labute approximate surface area is 445 Å². The van der Waals surface area contributed by atoms with Crippen LogP contribution in [0.4, 0.5) is 0 Å². The summed E-state index contributed by atoms with van der Waals surface area (Å²) in [5.74, 6) is -3.22. The summed E-state index contributed by atoms with van der Waals surface area (Å²) >= 11 is 0. The van der Waals surface area contributed by atoms with Crippen LogP contribution < -0.4 is 0 Å². The largest absolute Gasteiger partial charge is 0.507 e. The van der Waals surface area contributed by atoms with Crippen molar-refractivity contribution in [1.82, 2.24) is 14.5 Å². The molecule has 1 N–H and O–H groups in total. The van der Waals surface area contributed by atoms with E-state index >= 15 is 0 Å². The molecule has 0 saturated heterocycles. The maximum Gasteiger partial charge on any atom is 0.148 e. The number of fused-ring (bicyclic) bond motifs is 1. The Kier molecular flexibility index (Phi) is 8.08. The van der Waals surface area contributed by atoms with Gasteiger partial charge in [0.15, 0.2) is 0 Å². The molecule has 2 aromatic heterocycles. The van der Waals surface area contributed by atoms with Crippen LogP contribution in [-0.4, -0.2) is 19.6 Å². The van der Waals surface area contributed by atoms with Gasteiger partial charge in [-0.1, -0.05) is 202 Å². The van der Waals surface area contributed by atoms with Gasteiger partial charge in [-0.05, 0) is 97.0 Å². The maximum absolute atomic E-state index is 13.0. The first-order chi connectivity index (χ1) is 39.6. The molecule has 9 rings (SSSR count). The molecule has 2 heterocycles. The molecule has 0 aliphatic rings. The van der Waals surface area contributed by atoms with Gasteiger partial charge >= 0.3 is 0 Å². The van der Waals surface area contributed by atoms with Crippen LogP contribution in [0.1, 0.15) is 130 Å². The molecule has 346 valence electrons. The van der Waals surface area contributed by atoms with Crippen LogP contribution in [0.2, 0.25) is 0 Å². The van der Waals surface area contributed by atoms with Crippen LogP contribution in [0, 0.1) is 6.07 Å². The molecule has 0 aliphatic carbocycles. The van der Waals surface area contributed by atoms with Crippen LogP contribution in [0.15, 0.2) is 164 Å². The van der Waals surface area contributed by atoms with Crippen LogP contribution >= 0.6 is 0 Å². The minimum atomic E-state index is -4.16. The van der Waals surface area contributed by atoms with E-state index in [1.165, 1.54) is 4.57 Å². The number of imidazole rings is 1. The number of phenolic OH excluding ortho intramolecular Hbond substituents is 1. The minimum absolute atomic E-state index is 0. The van der Waals surface area contributed by atoms with Crippen LogP contribution in [-0.2, 0) is 37.3 Å². The molecule has 0 aliphatic heterocycles. The van der Waals surface area contributed by atoms with Gasteiger partial charge in [-0.2, -0.15) is 0 Å². The summed E-state index contributed by atoms with van der Waals surface area (Å²) in [5, 5.41) is 13.0. The van der Waals surface area contributed by atoms with Crippen molar-refractivity contribution in [2.75, 3.05) is 0 Å². The number of pyridine rings is 1. The first-order valence-electron chi connectivity index (χ1n) is 31.5. The van der Waals surface area contributed by atoms with Crippen molar-refractivity contribution >= 4 is 11.0 Å². The molecule has 9 aromatic rings. The predicted octanol–water partition coefficient (Wildman–Crippen LogP) is 16.9. The van der Waals surface area contributed by atoms with E-state index in [1.807, 2.05) is 130 Å². The Morgan fingerprint density at radius 2 is 1.19 bits per heavy atom. The number of hydrogen-bond donors (Lipinski definition) is 1. The smallest absolute Gasteiger partial charge is 0.148 e. The molecular weight excluding hydrogens is 1010 g/mol. The summed E-state index contributed by atoms with van der Waals surface area (Å²) in [6, 6.07) is 49.6. The summed E-state index contributed by atoms with van der Waals surface area (Å²) in [4.78, 5) is 9.95. The standard InChI is InChI=1S/C63H62N3O.Pt/c1-40(2)53-39-50(29-30-51(53)44-21-16-13-17-22-44)66-57-24-18-23-52(58(57)65-60(66)54-37-49(62(6,7)8)38-55(59(54)67)63(9,10)11)46-33-47(35-48(34-46)61(3,4)5)56-36-45(31-32-64-56)43-27-25-42(26-28-43)41-19-14-12-15-20-41;/h12-32,34-40,67H,1-11H3;/q-1;/i6D3,7D3,8D3,9D3,10D3,11D3,40D;. The monoisotopic (exact) mass is 1090 g/mol. The van der Waals surface area contributed by atoms with Gasteiger partial charge < -0.3 is 5.11 Å². The molecule has 0 amide bonds. The summed E-state index contributed by atoms with van der Waals surface area (Å²) in [6.45, 7) is -15.3. The van der Waals surface area contributed by atoms with Gasteiger partial charge in [0.1, 0.15) is 11.6 Å². The molecule has 0 spiro atoms. The van der Waals surface area contributed by atoms with E-state index in [0.717, 1.165) is 33.4 Å².